The van der Waals surface area contributed by atoms with Crippen LogP contribution in [0, 0.1) is 0 Å². The summed E-state index contributed by atoms with van der Waals surface area (Å²) in [5.74, 6) is 0.344. The SMILES string of the molecule is CN(C)C(=O)c1ccc(CNC(=O)c2csc(-c3ccco3)n2)cc1. The average molecular weight is 355 g/mol. The van der Waals surface area contributed by atoms with Crippen molar-refractivity contribution in [3.8, 4) is 10.8 Å². The fraction of sp³-hybridized carbons (Fsp3) is 0.167. The van der Waals surface area contributed by atoms with Gasteiger partial charge < -0.3 is 14.6 Å². The summed E-state index contributed by atoms with van der Waals surface area (Å²) >= 11 is 1.36. The third-order valence-electron chi connectivity index (χ3n) is 3.53. The lowest BCUT2D eigenvalue weighted by molar-refractivity contribution is 0.0827. The molecule has 0 saturated heterocycles. The minimum Gasteiger partial charge on any atom is -0.462 e. The van der Waals surface area contributed by atoms with Gasteiger partial charge in [0.2, 0.25) is 0 Å². The van der Waals surface area contributed by atoms with E-state index in [-0.39, 0.29) is 11.8 Å². The average Bonchev–Trinajstić information content (AvgIpc) is 3.30. The van der Waals surface area contributed by atoms with Crippen LogP contribution >= 0.6 is 11.3 Å². The number of thiazole rings is 1. The highest BCUT2D eigenvalue weighted by Gasteiger charge is 2.13. The van der Waals surface area contributed by atoms with Gasteiger partial charge in [-0.15, -0.1) is 11.3 Å². The summed E-state index contributed by atoms with van der Waals surface area (Å²) in [5, 5.41) is 5.19. The number of amides is 2. The summed E-state index contributed by atoms with van der Waals surface area (Å²) in [4.78, 5) is 29.9. The lowest BCUT2D eigenvalue weighted by Crippen LogP contribution is -2.23. The monoisotopic (exact) mass is 355 g/mol. The molecule has 1 aromatic carbocycles. The first-order valence-electron chi connectivity index (χ1n) is 7.63. The zero-order valence-corrected chi connectivity index (χ0v) is 14.7. The zero-order chi connectivity index (χ0) is 17.8. The second-order valence-corrected chi connectivity index (χ2v) is 6.45. The topological polar surface area (TPSA) is 75.4 Å². The molecule has 6 nitrogen and oxygen atoms in total. The Kier molecular flexibility index (Phi) is 4.95. The van der Waals surface area contributed by atoms with Crippen molar-refractivity contribution in [2.24, 2.45) is 0 Å². The maximum absolute atomic E-state index is 12.2. The van der Waals surface area contributed by atoms with Crippen LogP contribution < -0.4 is 5.32 Å². The molecule has 0 aliphatic rings. The molecule has 3 rings (SSSR count). The van der Waals surface area contributed by atoms with Crippen molar-refractivity contribution >= 4 is 23.2 Å². The number of nitrogens with zero attached hydrogens (tertiary/aromatic N) is 2. The number of furan rings is 1. The van der Waals surface area contributed by atoms with Crippen LogP contribution in [0.15, 0.2) is 52.5 Å². The molecule has 0 unspecified atom stereocenters. The first-order valence-corrected chi connectivity index (χ1v) is 8.51. The maximum atomic E-state index is 12.2. The van der Waals surface area contributed by atoms with Gasteiger partial charge >= 0.3 is 0 Å². The number of carbonyl (C=O) groups excluding carboxylic acids is 2. The van der Waals surface area contributed by atoms with Gasteiger partial charge in [-0.05, 0) is 29.8 Å². The molecular weight excluding hydrogens is 338 g/mol. The Balaban J connectivity index is 1.60. The van der Waals surface area contributed by atoms with Crippen LogP contribution in [0.3, 0.4) is 0 Å². The molecule has 128 valence electrons. The van der Waals surface area contributed by atoms with E-state index >= 15 is 0 Å². The predicted octanol–water partition coefficient (Wildman–Crippen LogP) is 3.03. The van der Waals surface area contributed by atoms with Crippen LogP contribution in [0.1, 0.15) is 26.4 Å². The highest BCUT2D eigenvalue weighted by molar-refractivity contribution is 7.13. The van der Waals surface area contributed by atoms with Crippen LogP contribution in [-0.2, 0) is 6.54 Å². The summed E-state index contributed by atoms with van der Waals surface area (Å²) in [6, 6.07) is 10.7. The van der Waals surface area contributed by atoms with Crippen molar-refractivity contribution in [1.29, 1.82) is 0 Å². The van der Waals surface area contributed by atoms with E-state index in [0.29, 0.717) is 28.6 Å². The zero-order valence-electron chi connectivity index (χ0n) is 13.9. The van der Waals surface area contributed by atoms with E-state index in [1.54, 1.807) is 50.0 Å². The van der Waals surface area contributed by atoms with Crippen LogP contribution in [0.4, 0.5) is 0 Å². The lowest BCUT2D eigenvalue weighted by Gasteiger charge is -2.10. The van der Waals surface area contributed by atoms with Crippen molar-refractivity contribution in [3.05, 3.63) is 64.9 Å². The van der Waals surface area contributed by atoms with E-state index in [2.05, 4.69) is 10.3 Å². The van der Waals surface area contributed by atoms with Crippen molar-refractivity contribution in [1.82, 2.24) is 15.2 Å². The Bertz CT molecular complexity index is 867. The number of hydrogen-bond donors (Lipinski definition) is 1. The Labute approximate surface area is 149 Å². The van der Waals surface area contributed by atoms with Gasteiger partial charge in [-0.2, -0.15) is 0 Å². The van der Waals surface area contributed by atoms with Gasteiger partial charge in [-0.1, -0.05) is 12.1 Å². The number of carbonyl (C=O) groups is 2. The van der Waals surface area contributed by atoms with Gasteiger partial charge in [0.1, 0.15) is 5.69 Å². The van der Waals surface area contributed by atoms with Gasteiger partial charge in [0.25, 0.3) is 11.8 Å². The van der Waals surface area contributed by atoms with E-state index in [0.717, 1.165) is 5.56 Å². The van der Waals surface area contributed by atoms with Crippen molar-refractivity contribution in [2.45, 2.75) is 6.54 Å². The largest absolute Gasteiger partial charge is 0.462 e. The fourth-order valence-corrected chi connectivity index (χ4v) is 2.95. The summed E-state index contributed by atoms with van der Waals surface area (Å²) in [5.41, 5.74) is 1.88. The molecule has 25 heavy (non-hydrogen) atoms. The summed E-state index contributed by atoms with van der Waals surface area (Å²) in [6.07, 6.45) is 1.57. The van der Waals surface area contributed by atoms with E-state index in [1.807, 2.05) is 12.1 Å². The van der Waals surface area contributed by atoms with Crippen LogP contribution in [0.2, 0.25) is 0 Å². The molecule has 1 N–H and O–H groups in total. The molecule has 7 heteroatoms. The van der Waals surface area contributed by atoms with Gasteiger partial charge in [0, 0.05) is 31.6 Å². The van der Waals surface area contributed by atoms with Crippen LogP contribution in [0.5, 0.6) is 0 Å². The number of nitrogens with one attached hydrogen (secondary N) is 1. The second kappa shape index (κ2) is 7.31. The molecule has 0 aliphatic heterocycles. The number of aromatic nitrogens is 1. The normalized spacial score (nSPS) is 10.5. The van der Waals surface area contributed by atoms with Crippen molar-refractivity contribution in [3.63, 3.8) is 0 Å². The molecule has 0 spiro atoms. The molecule has 0 aliphatic carbocycles. The third kappa shape index (κ3) is 3.95. The quantitative estimate of drug-likeness (QED) is 0.763. The molecule has 2 heterocycles. The Morgan fingerprint density at radius 1 is 1.20 bits per heavy atom. The Hall–Kier alpha value is -2.93. The lowest BCUT2D eigenvalue weighted by atomic mass is 10.1. The second-order valence-electron chi connectivity index (χ2n) is 5.59. The molecule has 0 radical (unpaired) electrons. The van der Waals surface area contributed by atoms with E-state index in [1.165, 1.54) is 16.2 Å². The smallest absolute Gasteiger partial charge is 0.271 e. The van der Waals surface area contributed by atoms with Gasteiger partial charge in [-0.3, -0.25) is 9.59 Å². The first kappa shape index (κ1) is 16.9. The van der Waals surface area contributed by atoms with Crippen LogP contribution in [0.25, 0.3) is 10.8 Å². The minimum atomic E-state index is -0.248. The number of benzene rings is 1. The summed E-state index contributed by atoms with van der Waals surface area (Å²) < 4.78 is 5.27. The van der Waals surface area contributed by atoms with Gasteiger partial charge in [0.05, 0.1) is 6.26 Å². The van der Waals surface area contributed by atoms with Crippen molar-refractivity contribution < 1.29 is 14.0 Å². The summed E-state index contributed by atoms with van der Waals surface area (Å²) in [7, 11) is 3.42. The van der Waals surface area contributed by atoms with E-state index in [9.17, 15) is 9.59 Å². The molecule has 2 aromatic heterocycles. The molecular formula is C18H17N3O3S. The third-order valence-corrected chi connectivity index (χ3v) is 4.39. The highest BCUT2D eigenvalue weighted by atomic mass is 32.1. The first-order chi connectivity index (χ1) is 12.0. The molecule has 3 aromatic rings. The minimum absolute atomic E-state index is 0.0523. The molecule has 2 amide bonds. The maximum Gasteiger partial charge on any atom is 0.271 e. The molecule has 0 fully saturated rings. The van der Waals surface area contributed by atoms with E-state index < -0.39 is 0 Å². The molecule has 0 saturated carbocycles. The molecule has 0 atom stereocenters. The fourth-order valence-electron chi connectivity index (χ4n) is 2.19. The molecule has 0 bridgehead atoms. The van der Waals surface area contributed by atoms with E-state index in [4.69, 9.17) is 4.42 Å². The predicted molar refractivity (Wildman–Crippen MR) is 95.4 cm³/mol. The van der Waals surface area contributed by atoms with Crippen LogP contribution in [-0.4, -0.2) is 35.8 Å². The van der Waals surface area contributed by atoms with Crippen molar-refractivity contribution in [2.75, 3.05) is 14.1 Å². The standard InChI is InChI=1S/C18H17N3O3S/c1-21(2)18(23)13-7-5-12(6-8-13)10-19-16(22)14-11-25-17(20-14)15-4-3-9-24-15/h3-9,11H,10H2,1-2H3,(H,19,22). The van der Waals surface area contributed by atoms with Gasteiger partial charge in [0.15, 0.2) is 10.8 Å². The Morgan fingerprint density at radius 3 is 2.60 bits per heavy atom. The van der Waals surface area contributed by atoms with Gasteiger partial charge in [-0.25, -0.2) is 4.98 Å². The number of rotatable bonds is 5. The Morgan fingerprint density at radius 2 is 1.96 bits per heavy atom. The number of hydrogen-bond acceptors (Lipinski definition) is 5. The highest BCUT2D eigenvalue weighted by Crippen LogP contribution is 2.23. The summed E-state index contributed by atoms with van der Waals surface area (Å²) in [6.45, 7) is 0.364.